The molecule has 1 rings (SSSR count). The van der Waals surface area contributed by atoms with Gasteiger partial charge in [0, 0.05) is 12.3 Å². The van der Waals surface area contributed by atoms with Crippen molar-refractivity contribution in [3.05, 3.63) is 24.3 Å². The van der Waals surface area contributed by atoms with Crippen molar-refractivity contribution in [3.8, 4) is 11.5 Å². The Labute approximate surface area is 107 Å². The molecule has 0 aromatic heterocycles. The van der Waals surface area contributed by atoms with Crippen LogP contribution in [0.1, 0.15) is 25.7 Å². The predicted octanol–water partition coefficient (Wildman–Crippen LogP) is 3.40. The van der Waals surface area contributed by atoms with Gasteiger partial charge in [-0.25, -0.2) is 0 Å². The molecule has 4 heteroatoms. The number of rotatable bonds is 7. The summed E-state index contributed by atoms with van der Waals surface area (Å²) in [6.45, 7) is 0. The molecule has 0 aliphatic rings. The number of hydrogen-bond donors (Lipinski definition) is 0. The Morgan fingerprint density at radius 1 is 1.12 bits per heavy atom. The Morgan fingerprint density at radius 3 is 2.35 bits per heavy atom. The lowest BCUT2D eigenvalue weighted by Crippen LogP contribution is -2.07. The normalized spacial score (nSPS) is 10.0. The SMILES string of the molecule is COc1ccc(OC(=O)CCCCCCl)cc1. The van der Waals surface area contributed by atoms with Gasteiger partial charge in [-0.15, -0.1) is 11.6 Å². The third-order valence-electron chi connectivity index (χ3n) is 2.31. The van der Waals surface area contributed by atoms with Gasteiger partial charge in [0.15, 0.2) is 0 Å². The number of methoxy groups -OCH3 is 1. The van der Waals surface area contributed by atoms with Crippen LogP contribution in [-0.4, -0.2) is 19.0 Å². The molecule has 0 saturated heterocycles. The van der Waals surface area contributed by atoms with Crippen LogP contribution in [0.5, 0.6) is 11.5 Å². The maximum atomic E-state index is 11.4. The molecule has 0 amide bonds. The molecule has 1 aromatic carbocycles. The van der Waals surface area contributed by atoms with Gasteiger partial charge >= 0.3 is 5.97 Å². The smallest absolute Gasteiger partial charge is 0.311 e. The Bertz CT molecular complexity index is 335. The molecule has 17 heavy (non-hydrogen) atoms. The molecule has 0 fully saturated rings. The van der Waals surface area contributed by atoms with Crippen molar-refractivity contribution in [2.75, 3.05) is 13.0 Å². The first-order valence-electron chi connectivity index (χ1n) is 5.67. The molecule has 0 spiro atoms. The number of ether oxygens (including phenoxy) is 2. The number of benzene rings is 1. The van der Waals surface area contributed by atoms with Crippen LogP contribution in [-0.2, 0) is 4.79 Å². The van der Waals surface area contributed by atoms with Crippen LogP contribution in [0.25, 0.3) is 0 Å². The molecular formula is C13H17ClO3. The summed E-state index contributed by atoms with van der Waals surface area (Å²) in [5.74, 6) is 1.73. The molecule has 0 bridgehead atoms. The fraction of sp³-hybridized carbons (Fsp3) is 0.462. The third kappa shape index (κ3) is 5.59. The van der Waals surface area contributed by atoms with E-state index < -0.39 is 0 Å². The van der Waals surface area contributed by atoms with Crippen LogP contribution in [0.3, 0.4) is 0 Å². The number of unbranched alkanes of at least 4 members (excludes halogenated alkanes) is 2. The van der Waals surface area contributed by atoms with Gasteiger partial charge in [0.05, 0.1) is 7.11 Å². The fourth-order valence-corrected chi connectivity index (χ4v) is 1.56. The molecule has 0 saturated carbocycles. The van der Waals surface area contributed by atoms with Crippen molar-refractivity contribution in [3.63, 3.8) is 0 Å². The minimum Gasteiger partial charge on any atom is -0.497 e. The Morgan fingerprint density at radius 2 is 1.76 bits per heavy atom. The Balaban J connectivity index is 2.29. The molecule has 0 unspecified atom stereocenters. The summed E-state index contributed by atoms with van der Waals surface area (Å²) in [5, 5.41) is 0. The van der Waals surface area contributed by atoms with E-state index in [1.165, 1.54) is 0 Å². The van der Waals surface area contributed by atoms with E-state index in [-0.39, 0.29) is 5.97 Å². The molecule has 0 aliphatic heterocycles. The summed E-state index contributed by atoms with van der Waals surface area (Å²) in [7, 11) is 1.60. The van der Waals surface area contributed by atoms with Crippen LogP contribution in [0, 0.1) is 0 Å². The lowest BCUT2D eigenvalue weighted by molar-refractivity contribution is -0.134. The average molecular weight is 257 g/mol. The van der Waals surface area contributed by atoms with Crippen LogP contribution < -0.4 is 9.47 Å². The first kappa shape index (κ1) is 13.8. The quantitative estimate of drug-likeness (QED) is 0.325. The Hall–Kier alpha value is -1.22. The monoisotopic (exact) mass is 256 g/mol. The standard InChI is InChI=1S/C13H17ClO3/c1-16-11-6-8-12(9-7-11)17-13(15)5-3-2-4-10-14/h6-9H,2-5,10H2,1H3. The summed E-state index contributed by atoms with van der Waals surface area (Å²) < 4.78 is 10.2. The first-order chi connectivity index (χ1) is 8.26. The van der Waals surface area contributed by atoms with Gasteiger partial charge in [0.1, 0.15) is 11.5 Å². The summed E-state index contributed by atoms with van der Waals surface area (Å²) in [5.41, 5.74) is 0. The minimum atomic E-state index is -0.204. The number of carbonyl (C=O) groups excluding carboxylic acids is 1. The van der Waals surface area contributed by atoms with Gasteiger partial charge in [-0.2, -0.15) is 0 Å². The van der Waals surface area contributed by atoms with Crippen molar-refractivity contribution in [1.29, 1.82) is 0 Å². The van der Waals surface area contributed by atoms with Crippen LogP contribution in [0.2, 0.25) is 0 Å². The zero-order chi connectivity index (χ0) is 12.5. The maximum Gasteiger partial charge on any atom is 0.311 e. The summed E-state index contributed by atoms with van der Waals surface area (Å²) in [6.07, 6.45) is 3.16. The molecule has 0 aliphatic carbocycles. The average Bonchev–Trinajstić information content (AvgIpc) is 2.36. The van der Waals surface area contributed by atoms with Crippen LogP contribution in [0.4, 0.5) is 0 Å². The van der Waals surface area contributed by atoms with Crippen molar-refractivity contribution in [2.45, 2.75) is 25.7 Å². The molecule has 1 aromatic rings. The second-order valence-electron chi connectivity index (χ2n) is 3.65. The van der Waals surface area contributed by atoms with E-state index in [1.807, 2.05) is 0 Å². The maximum absolute atomic E-state index is 11.4. The van der Waals surface area contributed by atoms with Crippen molar-refractivity contribution < 1.29 is 14.3 Å². The van der Waals surface area contributed by atoms with Gasteiger partial charge in [-0.3, -0.25) is 4.79 Å². The largest absolute Gasteiger partial charge is 0.497 e. The lowest BCUT2D eigenvalue weighted by atomic mass is 10.2. The van der Waals surface area contributed by atoms with Gasteiger partial charge < -0.3 is 9.47 Å². The van der Waals surface area contributed by atoms with Crippen molar-refractivity contribution >= 4 is 17.6 Å². The zero-order valence-corrected chi connectivity index (χ0v) is 10.7. The lowest BCUT2D eigenvalue weighted by Gasteiger charge is -2.05. The highest BCUT2D eigenvalue weighted by Crippen LogP contribution is 2.17. The summed E-state index contributed by atoms with van der Waals surface area (Å²) in [4.78, 5) is 11.4. The Kier molecular flexibility index (Phi) is 6.48. The molecule has 3 nitrogen and oxygen atoms in total. The molecular weight excluding hydrogens is 240 g/mol. The van der Waals surface area contributed by atoms with E-state index in [0.717, 1.165) is 25.0 Å². The predicted molar refractivity (Wildman–Crippen MR) is 67.8 cm³/mol. The highest BCUT2D eigenvalue weighted by atomic mass is 35.5. The van der Waals surface area contributed by atoms with E-state index in [9.17, 15) is 4.79 Å². The van der Waals surface area contributed by atoms with E-state index in [0.29, 0.717) is 18.1 Å². The minimum absolute atomic E-state index is 0.204. The van der Waals surface area contributed by atoms with Gasteiger partial charge in [0.2, 0.25) is 0 Å². The highest BCUT2D eigenvalue weighted by Gasteiger charge is 2.04. The molecule has 94 valence electrons. The second kappa shape index (κ2) is 7.96. The molecule has 0 N–H and O–H groups in total. The van der Waals surface area contributed by atoms with Gasteiger partial charge in [-0.05, 0) is 37.1 Å². The van der Waals surface area contributed by atoms with Crippen molar-refractivity contribution in [1.82, 2.24) is 0 Å². The van der Waals surface area contributed by atoms with Crippen LogP contribution in [0.15, 0.2) is 24.3 Å². The van der Waals surface area contributed by atoms with E-state index in [2.05, 4.69) is 0 Å². The van der Waals surface area contributed by atoms with Crippen molar-refractivity contribution in [2.24, 2.45) is 0 Å². The summed E-state index contributed by atoms with van der Waals surface area (Å²) in [6, 6.07) is 6.96. The van der Waals surface area contributed by atoms with Crippen LogP contribution >= 0.6 is 11.6 Å². The van der Waals surface area contributed by atoms with E-state index in [4.69, 9.17) is 21.1 Å². The topological polar surface area (TPSA) is 35.5 Å². The molecule has 0 heterocycles. The molecule has 0 radical (unpaired) electrons. The number of carbonyl (C=O) groups is 1. The first-order valence-corrected chi connectivity index (χ1v) is 6.20. The van der Waals surface area contributed by atoms with Gasteiger partial charge in [0.25, 0.3) is 0 Å². The zero-order valence-electron chi connectivity index (χ0n) is 9.95. The van der Waals surface area contributed by atoms with Gasteiger partial charge in [-0.1, -0.05) is 6.42 Å². The van der Waals surface area contributed by atoms with E-state index in [1.54, 1.807) is 31.4 Å². The number of esters is 1. The second-order valence-corrected chi connectivity index (χ2v) is 4.03. The molecule has 0 atom stereocenters. The number of hydrogen-bond acceptors (Lipinski definition) is 3. The third-order valence-corrected chi connectivity index (χ3v) is 2.57. The number of halogens is 1. The fourth-order valence-electron chi connectivity index (χ4n) is 1.37. The number of alkyl halides is 1. The van der Waals surface area contributed by atoms with E-state index >= 15 is 0 Å². The summed E-state index contributed by atoms with van der Waals surface area (Å²) >= 11 is 5.55. The highest BCUT2D eigenvalue weighted by molar-refractivity contribution is 6.17.